The molecule has 0 radical (unpaired) electrons. The number of carbonyl (C=O) groups excluding carboxylic acids is 1. The van der Waals surface area contributed by atoms with Crippen molar-refractivity contribution in [1.82, 2.24) is 9.80 Å². The summed E-state index contributed by atoms with van der Waals surface area (Å²) in [6.07, 6.45) is 2.41. The second-order valence-corrected chi connectivity index (χ2v) is 6.21. The van der Waals surface area contributed by atoms with Gasteiger partial charge in [0.25, 0.3) is 0 Å². The van der Waals surface area contributed by atoms with E-state index in [1.807, 2.05) is 36.1 Å². The molecular weight excluding hydrogens is 276 g/mol. The van der Waals surface area contributed by atoms with Gasteiger partial charge in [0.1, 0.15) is 5.75 Å². The number of methoxy groups -OCH3 is 1. The Morgan fingerprint density at radius 2 is 1.91 bits per heavy atom. The maximum Gasteiger partial charge on any atom is 0.237 e. The Morgan fingerprint density at radius 3 is 2.45 bits per heavy atom. The fraction of sp³-hybridized carbons (Fsp3) is 0.611. The Bertz CT molecular complexity index is 464. The van der Waals surface area contributed by atoms with Crippen LogP contribution in [0, 0.1) is 5.92 Å². The second kappa shape index (κ2) is 8.18. The molecule has 122 valence electrons. The van der Waals surface area contributed by atoms with Crippen molar-refractivity contribution in [1.29, 1.82) is 0 Å². The van der Waals surface area contributed by atoms with Crippen LogP contribution in [-0.2, 0) is 11.3 Å². The monoisotopic (exact) mass is 304 g/mol. The largest absolute Gasteiger partial charge is 0.497 e. The van der Waals surface area contributed by atoms with Crippen molar-refractivity contribution in [2.45, 2.75) is 33.2 Å². The normalized spacial score (nSPS) is 16.5. The second-order valence-electron chi connectivity index (χ2n) is 6.21. The molecule has 1 amide bonds. The van der Waals surface area contributed by atoms with E-state index >= 15 is 0 Å². The van der Waals surface area contributed by atoms with Crippen LogP contribution in [0.25, 0.3) is 0 Å². The average molecular weight is 304 g/mol. The van der Waals surface area contributed by atoms with Crippen molar-refractivity contribution < 1.29 is 9.53 Å². The highest BCUT2D eigenvalue weighted by Gasteiger charge is 2.20. The van der Waals surface area contributed by atoms with Gasteiger partial charge in [0.15, 0.2) is 0 Å². The van der Waals surface area contributed by atoms with E-state index < -0.39 is 0 Å². The van der Waals surface area contributed by atoms with E-state index in [2.05, 4.69) is 11.8 Å². The van der Waals surface area contributed by atoms with E-state index in [9.17, 15) is 4.79 Å². The first-order chi connectivity index (χ1) is 10.6. The third kappa shape index (κ3) is 4.73. The van der Waals surface area contributed by atoms with Crippen LogP contribution < -0.4 is 4.74 Å². The Labute approximate surface area is 134 Å². The SMILES string of the molecule is CCN(Cc1ccc(OC)cc1)C(=O)CN1CCC(C)CC1. The van der Waals surface area contributed by atoms with Gasteiger partial charge in [-0.25, -0.2) is 0 Å². The van der Waals surface area contributed by atoms with Crippen molar-refractivity contribution >= 4 is 5.91 Å². The van der Waals surface area contributed by atoms with E-state index in [0.717, 1.165) is 36.9 Å². The fourth-order valence-corrected chi connectivity index (χ4v) is 2.84. The molecular formula is C18H28N2O2. The molecule has 1 aromatic rings. The number of carbonyl (C=O) groups is 1. The number of likely N-dealkylation sites (tertiary alicyclic amines) is 1. The third-order valence-corrected chi connectivity index (χ3v) is 4.50. The quantitative estimate of drug-likeness (QED) is 0.810. The van der Waals surface area contributed by atoms with E-state index in [1.165, 1.54) is 12.8 Å². The Hall–Kier alpha value is -1.55. The van der Waals surface area contributed by atoms with Gasteiger partial charge in [0.05, 0.1) is 13.7 Å². The van der Waals surface area contributed by atoms with Crippen molar-refractivity contribution in [2.75, 3.05) is 33.3 Å². The number of likely N-dealkylation sites (N-methyl/N-ethyl adjacent to an activating group) is 1. The van der Waals surface area contributed by atoms with E-state index in [0.29, 0.717) is 13.1 Å². The van der Waals surface area contributed by atoms with E-state index in [1.54, 1.807) is 7.11 Å². The lowest BCUT2D eigenvalue weighted by Gasteiger charge is -2.31. The number of nitrogens with zero attached hydrogens (tertiary/aromatic N) is 2. The molecule has 0 spiro atoms. The molecule has 1 aliphatic heterocycles. The van der Waals surface area contributed by atoms with Gasteiger partial charge in [-0.05, 0) is 56.5 Å². The van der Waals surface area contributed by atoms with Gasteiger partial charge in [0, 0.05) is 13.1 Å². The van der Waals surface area contributed by atoms with E-state index in [4.69, 9.17) is 4.74 Å². The molecule has 0 aromatic heterocycles. The molecule has 1 aliphatic rings. The van der Waals surface area contributed by atoms with Crippen LogP contribution in [0.5, 0.6) is 5.75 Å². The number of amides is 1. The van der Waals surface area contributed by atoms with Crippen LogP contribution in [0.1, 0.15) is 32.3 Å². The standard InChI is InChI=1S/C18H28N2O2/c1-4-20(13-16-5-7-17(22-3)8-6-16)18(21)14-19-11-9-15(2)10-12-19/h5-8,15H,4,9-14H2,1-3H3. The Balaban J connectivity index is 1.88. The van der Waals surface area contributed by atoms with Gasteiger partial charge in [0.2, 0.25) is 5.91 Å². The Morgan fingerprint density at radius 1 is 1.27 bits per heavy atom. The highest BCUT2D eigenvalue weighted by atomic mass is 16.5. The van der Waals surface area contributed by atoms with Gasteiger partial charge < -0.3 is 9.64 Å². The topological polar surface area (TPSA) is 32.8 Å². The number of piperidine rings is 1. The summed E-state index contributed by atoms with van der Waals surface area (Å²) in [6.45, 7) is 8.40. The van der Waals surface area contributed by atoms with Crippen molar-refractivity contribution in [3.63, 3.8) is 0 Å². The van der Waals surface area contributed by atoms with Crippen molar-refractivity contribution in [3.8, 4) is 5.75 Å². The molecule has 0 N–H and O–H groups in total. The van der Waals surface area contributed by atoms with Crippen molar-refractivity contribution in [2.24, 2.45) is 5.92 Å². The molecule has 22 heavy (non-hydrogen) atoms. The third-order valence-electron chi connectivity index (χ3n) is 4.50. The highest BCUT2D eigenvalue weighted by molar-refractivity contribution is 5.78. The summed E-state index contributed by atoms with van der Waals surface area (Å²) in [5, 5.41) is 0. The van der Waals surface area contributed by atoms with Gasteiger partial charge >= 0.3 is 0 Å². The molecule has 0 unspecified atom stereocenters. The first-order valence-electron chi connectivity index (χ1n) is 8.25. The summed E-state index contributed by atoms with van der Waals surface area (Å²) in [7, 11) is 1.66. The molecule has 0 aliphatic carbocycles. The summed E-state index contributed by atoms with van der Waals surface area (Å²) in [5.41, 5.74) is 1.14. The van der Waals surface area contributed by atoms with Crippen LogP contribution >= 0.6 is 0 Å². The minimum Gasteiger partial charge on any atom is -0.497 e. The van der Waals surface area contributed by atoms with Gasteiger partial charge in [-0.15, -0.1) is 0 Å². The summed E-state index contributed by atoms with van der Waals surface area (Å²) < 4.78 is 5.17. The predicted molar refractivity (Wildman–Crippen MR) is 88.9 cm³/mol. The minimum absolute atomic E-state index is 0.230. The zero-order valence-corrected chi connectivity index (χ0v) is 14.0. The van der Waals surface area contributed by atoms with Crippen LogP contribution in [0.15, 0.2) is 24.3 Å². The summed E-state index contributed by atoms with van der Waals surface area (Å²) >= 11 is 0. The summed E-state index contributed by atoms with van der Waals surface area (Å²) in [5.74, 6) is 1.88. The van der Waals surface area contributed by atoms with Crippen LogP contribution in [0.3, 0.4) is 0 Å². The minimum atomic E-state index is 0.230. The van der Waals surface area contributed by atoms with Gasteiger partial charge in [-0.2, -0.15) is 0 Å². The predicted octanol–water partition coefficient (Wildman–Crippen LogP) is 2.78. The van der Waals surface area contributed by atoms with Crippen LogP contribution in [-0.4, -0.2) is 49.0 Å². The van der Waals surface area contributed by atoms with Gasteiger partial charge in [-0.1, -0.05) is 19.1 Å². The lowest BCUT2D eigenvalue weighted by atomic mass is 9.99. The van der Waals surface area contributed by atoms with Crippen LogP contribution in [0.2, 0.25) is 0 Å². The number of hydrogen-bond acceptors (Lipinski definition) is 3. The first-order valence-corrected chi connectivity index (χ1v) is 8.25. The molecule has 2 rings (SSSR count). The fourth-order valence-electron chi connectivity index (χ4n) is 2.84. The zero-order valence-electron chi connectivity index (χ0n) is 14.0. The lowest BCUT2D eigenvalue weighted by molar-refractivity contribution is -0.133. The molecule has 1 heterocycles. The number of ether oxygens (including phenoxy) is 1. The average Bonchev–Trinajstić information content (AvgIpc) is 2.55. The number of rotatable bonds is 6. The first kappa shape index (κ1) is 16.8. The van der Waals surface area contributed by atoms with Gasteiger partial charge in [-0.3, -0.25) is 9.69 Å². The molecule has 0 bridgehead atoms. The molecule has 1 aromatic carbocycles. The lowest BCUT2D eigenvalue weighted by Crippen LogP contribution is -2.42. The zero-order chi connectivity index (χ0) is 15.9. The summed E-state index contributed by atoms with van der Waals surface area (Å²) in [6, 6.07) is 7.94. The maximum atomic E-state index is 12.5. The Kier molecular flexibility index (Phi) is 6.25. The molecule has 4 heteroatoms. The molecule has 1 saturated heterocycles. The van der Waals surface area contributed by atoms with E-state index in [-0.39, 0.29) is 5.91 Å². The smallest absolute Gasteiger partial charge is 0.237 e. The highest BCUT2D eigenvalue weighted by Crippen LogP contribution is 2.17. The summed E-state index contributed by atoms with van der Waals surface area (Å²) in [4.78, 5) is 16.7. The van der Waals surface area contributed by atoms with Crippen LogP contribution in [0.4, 0.5) is 0 Å². The van der Waals surface area contributed by atoms with Crippen molar-refractivity contribution in [3.05, 3.63) is 29.8 Å². The molecule has 0 saturated carbocycles. The molecule has 1 fully saturated rings. The number of hydrogen-bond donors (Lipinski definition) is 0. The molecule has 0 atom stereocenters. The number of benzene rings is 1. The molecule has 4 nitrogen and oxygen atoms in total. The maximum absolute atomic E-state index is 12.5.